The monoisotopic (exact) mass is 232 g/mol. The number of alkyl halides is 3. The molecule has 0 saturated heterocycles. The molecule has 90 valence electrons. The number of hydrogen-bond donors (Lipinski definition) is 1. The van der Waals surface area contributed by atoms with Gasteiger partial charge < -0.3 is 5.11 Å². The van der Waals surface area contributed by atoms with Gasteiger partial charge in [0.15, 0.2) is 0 Å². The van der Waals surface area contributed by atoms with Gasteiger partial charge in [-0.25, -0.2) is 0 Å². The van der Waals surface area contributed by atoms with E-state index in [2.05, 4.69) is 0 Å². The highest BCUT2D eigenvalue weighted by Gasteiger charge is 2.32. The second kappa shape index (κ2) is 4.09. The van der Waals surface area contributed by atoms with Gasteiger partial charge >= 0.3 is 6.18 Å². The first-order chi connectivity index (χ1) is 7.14. The van der Waals surface area contributed by atoms with Crippen LogP contribution >= 0.6 is 0 Å². The van der Waals surface area contributed by atoms with Crippen molar-refractivity contribution in [3.05, 3.63) is 34.9 Å². The third kappa shape index (κ3) is 2.98. The van der Waals surface area contributed by atoms with Crippen molar-refractivity contribution in [1.82, 2.24) is 0 Å². The topological polar surface area (TPSA) is 20.2 Å². The van der Waals surface area contributed by atoms with Crippen molar-refractivity contribution in [2.45, 2.75) is 39.0 Å². The molecule has 0 heterocycles. The summed E-state index contributed by atoms with van der Waals surface area (Å²) in [4.78, 5) is 0. The molecule has 0 aliphatic heterocycles. The van der Waals surface area contributed by atoms with Crippen LogP contribution in [-0.4, -0.2) is 5.11 Å². The van der Waals surface area contributed by atoms with Crippen LogP contribution in [0.25, 0.3) is 0 Å². The van der Waals surface area contributed by atoms with Gasteiger partial charge in [-0.05, 0) is 28.7 Å². The molecule has 4 heteroatoms. The zero-order chi connectivity index (χ0) is 12.6. The smallest absolute Gasteiger partial charge is 0.392 e. The largest absolute Gasteiger partial charge is 0.416 e. The fourth-order valence-electron chi connectivity index (χ4n) is 1.38. The maximum Gasteiger partial charge on any atom is 0.416 e. The second-order valence-electron chi connectivity index (χ2n) is 4.82. The summed E-state index contributed by atoms with van der Waals surface area (Å²) in [6.45, 7) is 5.13. The molecule has 0 atom stereocenters. The Labute approximate surface area is 92.9 Å². The van der Waals surface area contributed by atoms with Gasteiger partial charge in [0.2, 0.25) is 0 Å². The SMILES string of the molecule is CC(C)(C)c1cc(CO)cc(C(F)(F)F)c1. The van der Waals surface area contributed by atoms with Crippen LogP contribution < -0.4 is 0 Å². The molecule has 0 fully saturated rings. The van der Waals surface area contributed by atoms with E-state index in [1.807, 2.05) is 20.8 Å². The van der Waals surface area contributed by atoms with Crippen LogP contribution in [0.3, 0.4) is 0 Å². The molecule has 0 bridgehead atoms. The number of hydrogen-bond acceptors (Lipinski definition) is 1. The minimum Gasteiger partial charge on any atom is -0.392 e. The fraction of sp³-hybridized carbons (Fsp3) is 0.500. The van der Waals surface area contributed by atoms with E-state index in [0.717, 1.165) is 12.1 Å². The molecule has 0 aliphatic carbocycles. The first-order valence-electron chi connectivity index (χ1n) is 4.97. The average Bonchev–Trinajstić information content (AvgIpc) is 2.14. The lowest BCUT2D eigenvalue weighted by molar-refractivity contribution is -0.137. The molecule has 1 aromatic rings. The van der Waals surface area contributed by atoms with Gasteiger partial charge in [0, 0.05) is 0 Å². The Morgan fingerprint density at radius 1 is 1.00 bits per heavy atom. The maximum atomic E-state index is 12.6. The summed E-state index contributed by atoms with van der Waals surface area (Å²) in [6, 6.07) is 3.73. The van der Waals surface area contributed by atoms with Gasteiger partial charge in [0.25, 0.3) is 0 Å². The Kier molecular flexibility index (Phi) is 3.33. The summed E-state index contributed by atoms with van der Waals surface area (Å²) in [5, 5.41) is 8.95. The van der Waals surface area contributed by atoms with E-state index in [1.165, 1.54) is 0 Å². The maximum absolute atomic E-state index is 12.6. The van der Waals surface area contributed by atoms with Crippen LogP contribution in [0.2, 0.25) is 0 Å². The Hall–Kier alpha value is -1.03. The third-order valence-corrected chi connectivity index (χ3v) is 2.37. The molecule has 1 aromatic carbocycles. The summed E-state index contributed by atoms with van der Waals surface area (Å²) >= 11 is 0. The van der Waals surface area contributed by atoms with E-state index in [-0.39, 0.29) is 12.0 Å². The second-order valence-corrected chi connectivity index (χ2v) is 4.82. The minimum atomic E-state index is -4.37. The molecule has 1 nitrogen and oxygen atoms in total. The summed E-state index contributed by atoms with van der Waals surface area (Å²) in [5.41, 5.74) is -0.208. The van der Waals surface area contributed by atoms with E-state index >= 15 is 0 Å². The molecule has 0 spiro atoms. The number of rotatable bonds is 1. The number of benzene rings is 1. The van der Waals surface area contributed by atoms with Crippen LogP contribution in [0, 0.1) is 0 Å². The molecule has 0 aliphatic rings. The lowest BCUT2D eigenvalue weighted by Gasteiger charge is -2.21. The van der Waals surface area contributed by atoms with Crippen LogP contribution in [-0.2, 0) is 18.2 Å². The first kappa shape index (κ1) is 13.0. The molecular formula is C12H15F3O. The van der Waals surface area contributed by atoms with Crippen LogP contribution in [0.5, 0.6) is 0 Å². The van der Waals surface area contributed by atoms with Crippen molar-refractivity contribution in [2.24, 2.45) is 0 Å². The highest BCUT2D eigenvalue weighted by atomic mass is 19.4. The Morgan fingerprint density at radius 3 is 1.88 bits per heavy atom. The Morgan fingerprint density at radius 2 is 1.50 bits per heavy atom. The number of aliphatic hydroxyl groups is 1. The van der Waals surface area contributed by atoms with Gasteiger partial charge in [0.1, 0.15) is 0 Å². The van der Waals surface area contributed by atoms with Crippen LogP contribution in [0.4, 0.5) is 13.2 Å². The van der Waals surface area contributed by atoms with Crippen molar-refractivity contribution < 1.29 is 18.3 Å². The summed E-state index contributed by atoms with van der Waals surface area (Å²) in [5.74, 6) is 0. The number of halogens is 3. The van der Waals surface area contributed by atoms with E-state index in [4.69, 9.17) is 5.11 Å². The van der Waals surface area contributed by atoms with E-state index < -0.39 is 11.7 Å². The lowest BCUT2D eigenvalue weighted by atomic mass is 9.85. The normalized spacial score (nSPS) is 12.9. The molecule has 0 radical (unpaired) electrons. The molecule has 1 rings (SSSR count). The number of aliphatic hydroxyl groups excluding tert-OH is 1. The van der Waals surface area contributed by atoms with Crippen molar-refractivity contribution in [3.63, 3.8) is 0 Å². The van der Waals surface area contributed by atoms with E-state index in [0.29, 0.717) is 11.1 Å². The zero-order valence-corrected chi connectivity index (χ0v) is 9.52. The summed E-state index contributed by atoms with van der Waals surface area (Å²) in [6.07, 6.45) is -4.37. The fourth-order valence-corrected chi connectivity index (χ4v) is 1.38. The van der Waals surface area contributed by atoms with E-state index in [9.17, 15) is 13.2 Å². The molecule has 0 saturated carbocycles. The molecule has 1 N–H and O–H groups in total. The summed E-state index contributed by atoms with van der Waals surface area (Å²) < 4.78 is 37.8. The van der Waals surface area contributed by atoms with Gasteiger partial charge in [-0.3, -0.25) is 0 Å². The van der Waals surface area contributed by atoms with Crippen molar-refractivity contribution in [1.29, 1.82) is 0 Å². The predicted octanol–water partition coefficient (Wildman–Crippen LogP) is 3.50. The van der Waals surface area contributed by atoms with Crippen LogP contribution in [0.15, 0.2) is 18.2 Å². The van der Waals surface area contributed by atoms with Gasteiger partial charge in [-0.2, -0.15) is 13.2 Å². The predicted molar refractivity (Wildman–Crippen MR) is 56.1 cm³/mol. The molecule has 16 heavy (non-hydrogen) atoms. The van der Waals surface area contributed by atoms with Gasteiger partial charge in [0.05, 0.1) is 12.2 Å². The lowest BCUT2D eigenvalue weighted by Crippen LogP contribution is -2.15. The molecule has 0 aromatic heterocycles. The van der Waals surface area contributed by atoms with Crippen molar-refractivity contribution >= 4 is 0 Å². The molecule has 0 amide bonds. The highest BCUT2D eigenvalue weighted by molar-refractivity contribution is 5.35. The minimum absolute atomic E-state index is 0.291. The van der Waals surface area contributed by atoms with Gasteiger partial charge in [-0.1, -0.05) is 26.8 Å². The first-order valence-corrected chi connectivity index (χ1v) is 4.97. The Balaban J connectivity index is 3.33. The standard InChI is InChI=1S/C12H15F3O/c1-11(2,3)9-4-8(7-16)5-10(6-9)12(13,14)15/h4-6,16H,7H2,1-3H3. The average molecular weight is 232 g/mol. The van der Waals surface area contributed by atoms with Gasteiger partial charge in [-0.15, -0.1) is 0 Å². The molecular weight excluding hydrogens is 217 g/mol. The van der Waals surface area contributed by atoms with Crippen molar-refractivity contribution in [3.8, 4) is 0 Å². The van der Waals surface area contributed by atoms with Crippen molar-refractivity contribution in [2.75, 3.05) is 0 Å². The quantitative estimate of drug-likeness (QED) is 0.785. The highest BCUT2D eigenvalue weighted by Crippen LogP contribution is 2.33. The van der Waals surface area contributed by atoms with Crippen LogP contribution in [0.1, 0.15) is 37.5 Å². The van der Waals surface area contributed by atoms with E-state index in [1.54, 1.807) is 6.07 Å². The Bertz CT molecular complexity index is 343. The molecule has 0 unspecified atom stereocenters. The zero-order valence-electron chi connectivity index (χ0n) is 9.52. The third-order valence-electron chi connectivity index (χ3n) is 2.37. The summed E-state index contributed by atoms with van der Waals surface area (Å²) in [7, 11) is 0.